The highest BCUT2D eigenvalue weighted by atomic mass is 16.3. The number of nitrogens with zero attached hydrogens (tertiary/aromatic N) is 1. The molecular formula is C9H12N2O. The van der Waals surface area contributed by atoms with Gasteiger partial charge in [-0.1, -0.05) is 6.08 Å². The Bertz CT molecular complexity index is 273. The standard InChI is InChI=1S/C9H12N2O/c1-2-3-9(10)7-4-8(12)6-11-5-7/h2,4-6,9,12H,1,3,10H2. The first-order chi connectivity index (χ1) is 5.74. The molecule has 1 aromatic heterocycles. The predicted molar refractivity (Wildman–Crippen MR) is 47.6 cm³/mol. The molecule has 1 unspecified atom stereocenters. The normalized spacial score (nSPS) is 12.4. The predicted octanol–water partition coefficient (Wildman–Crippen LogP) is 1.36. The van der Waals surface area contributed by atoms with Gasteiger partial charge in [0.05, 0.1) is 6.20 Å². The summed E-state index contributed by atoms with van der Waals surface area (Å²) >= 11 is 0. The van der Waals surface area contributed by atoms with Crippen molar-refractivity contribution >= 4 is 0 Å². The first kappa shape index (κ1) is 8.74. The van der Waals surface area contributed by atoms with Gasteiger partial charge in [-0.05, 0) is 18.1 Å². The lowest BCUT2D eigenvalue weighted by atomic mass is 10.1. The van der Waals surface area contributed by atoms with E-state index < -0.39 is 0 Å². The molecule has 0 aromatic carbocycles. The summed E-state index contributed by atoms with van der Waals surface area (Å²) in [5, 5.41) is 9.09. The molecule has 1 rings (SSSR count). The lowest BCUT2D eigenvalue weighted by molar-refractivity contribution is 0.470. The van der Waals surface area contributed by atoms with Gasteiger partial charge in [-0.25, -0.2) is 0 Å². The van der Waals surface area contributed by atoms with Crippen LogP contribution in [-0.2, 0) is 0 Å². The van der Waals surface area contributed by atoms with Gasteiger partial charge >= 0.3 is 0 Å². The van der Waals surface area contributed by atoms with Crippen molar-refractivity contribution in [2.45, 2.75) is 12.5 Å². The Hall–Kier alpha value is -1.35. The number of aromatic nitrogens is 1. The van der Waals surface area contributed by atoms with Crippen LogP contribution in [0.4, 0.5) is 0 Å². The van der Waals surface area contributed by atoms with Gasteiger partial charge in [-0.2, -0.15) is 0 Å². The summed E-state index contributed by atoms with van der Waals surface area (Å²) in [5.41, 5.74) is 6.58. The minimum absolute atomic E-state index is 0.123. The zero-order valence-electron chi connectivity index (χ0n) is 6.77. The van der Waals surface area contributed by atoms with Crippen molar-refractivity contribution in [3.8, 4) is 5.75 Å². The fourth-order valence-corrected chi connectivity index (χ4v) is 0.963. The molecule has 0 spiro atoms. The van der Waals surface area contributed by atoms with Crippen LogP contribution in [0.15, 0.2) is 31.1 Å². The van der Waals surface area contributed by atoms with Crippen LogP contribution in [0.3, 0.4) is 0 Å². The van der Waals surface area contributed by atoms with Crippen molar-refractivity contribution < 1.29 is 5.11 Å². The molecule has 64 valence electrons. The maximum Gasteiger partial charge on any atom is 0.134 e. The fourth-order valence-electron chi connectivity index (χ4n) is 0.963. The Morgan fingerprint density at radius 2 is 2.42 bits per heavy atom. The number of hydrogen-bond donors (Lipinski definition) is 2. The molecule has 0 saturated carbocycles. The van der Waals surface area contributed by atoms with Crippen LogP contribution < -0.4 is 5.73 Å². The molecule has 0 aliphatic rings. The molecule has 3 heteroatoms. The van der Waals surface area contributed by atoms with Crippen molar-refractivity contribution in [1.82, 2.24) is 4.98 Å². The molecule has 0 saturated heterocycles. The highest BCUT2D eigenvalue weighted by molar-refractivity contribution is 5.24. The SMILES string of the molecule is C=CCC(N)c1cncc(O)c1. The summed E-state index contributed by atoms with van der Waals surface area (Å²) in [6.45, 7) is 3.59. The Morgan fingerprint density at radius 1 is 1.67 bits per heavy atom. The summed E-state index contributed by atoms with van der Waals surface area (Å²) in [6, 6.07) is 1.49. The number of aromatic hydroxyl groups is 1. The summed E-state index contributed by atoms with van der Waals surface area (Å²) < 4.78 is 0. The van der Waals surface area contributed by atoms with Crippen LogP contribution in [0.2, 0.25) is 0 Å². The van der Waals surface area contributed by atoms with E-state index in [1.807, 2.05) is 0 Å². The van der Waals surface area contributed by atoms with Crippen molar-refractivity contribution in [3.63, 3.8) is 0 Å². The molecule has 0 fully saturated rings. The van der Waals surface area contributed by atoms with Crippen LogP contribution in [-0.4, -0.2) is 10.1 Å². The van der Waals surface area contributed by atoms with E-state index in [2.05, 4.69) is 11.6 Å². The minimum Gasteiger partial charge on any atom is -0.506 e. The van der Waals surface area contributed by atoms with E-state index in [9.17, 15) is 0 Å². The van der Waals surface area contributed by atoms with E-state index in [4.69, 9.17) is 10.8 Å². The summed E-state index contributed by atoms with van der Waals surface area (Å²) in [7, 11) is 0. The second-order valence-corrected chi connectivity index (χ2v) is 2.61. The van der Waals surface area contributed by atoms with Crippen LogP contribution in [0.1, 0.15) is 18.0 Å². The molecule has 12 heavy (non-hydrogen) atoms. The van der Waals surface area contributed by atoms with Gasteiger partial charge in [0.25, 0.3) is 0 Å². The first-order valence-electron chi connectivity index (χ1n) is 3.74. The largest absolute Gasteiger partial charge is 0.506 e. The van der Waals surface area contributed by atoms with Gasteiger partial charge in [0.2, 0.25) is 0 Å². The molecule has 0 aliphatic carbocycles. The maximum absolute atomic E-state index is 9.09. The van der Waals surface area contributed by atoms with Crippen LogP contribution in [0.5, 0.6) is 5.75 Å². The van der Waals surface area contributed by atoms with E-state index in [0.717, 1.165) is 5.56 Å². The quantitative estimate of drug-likeness (QED) is 0.663. The molecule has 1 aromatic rings. The minimum atomic E-state index is -0.123. The van der Waals surface area contributed by atoms with E-state index in [-0.39, 0.29) is 11.8 Å². The van der Waals surface area contributed by atoms with E-state index >= 15 is 0 Å². The number of pyridine rings is 1. The summed E-state index contributed by atoms with van der Waals surface area (Å²) in [4.78, 5) is 3.82. The zero-order valence-corrected chi connectivity index (χ0v) is 6.77. The van der Waals surface area contributed by atoms with E-state index in [0.29, 0.717) is 6.42 Å². The third-order valence-electron chi connectivity index (χ3n) is 1.59. The second-order valence-electron chi connectivity index (χ2n) is 2.61. The molecule has 0 amide bonds. The average molecular weight is 164 g/mol. The zero-order chi connectivity index (χ0) is 8.97. The number of rotatable bonds is 3. The number of hydrogen-bond acceptors (Lipinski definition) is 3. The fraction of sp³-hybridized carbons (Fsp3) is 0.222. The summed E-state index contributed by atoms with van der Waals surface area (Å²) in [5.74, 6) is 0.145. The van der Waals surface area contributed by atoms with E-state index in [1.165, 1.54) is 6.20 Å². The van der Waals surface area contributed by atoms with Crippen LogP contribution in [0, 0.1) is 0 Å². The Morgan fingerprint density at radius 3 is 3.00 bits per heavy atom. The Balaban J connectivity index is 2.80. The van der Waals surface area contributed by atoms with Crippen LogP contribution >= 0.6 is 0 Å². The highest BCUT2D eigenvalue weighted by Gasteiger charge is 2.03. The topological polar surface area (TPSA) is 59.1 Å². The molecule has 0 bridgehead atoms. The average Bonchev–Trinajstić information content (AvgIpc) is 2.05. The monoisotopic (exact) mass is 164 g/mol. The number of nitrogens with two attached hydrogens (primary N) is 1. The van der Waals surface area contributed by atoms with Gasteiger partial charge in [0, 0.05) is 12.2 Å². The maximum atomic E-state index is 9.09. The molecule has 3 nitrogen and oxygen atoms in total. The third kappa shape index (κ3) is 2.07. The molecule has 0 radical (unpaired) electrons. The molecule has 3 N–H and O–H groups in total. The van der Waals surface area contributed by atoms with Crippen LogP contribution in [0.25, 0.3) is 0 Å². The molecular weight excluding hydrogens is 152 g/mol. The second kappa shape index (κ2) is 3.88. The van der Waals surface area contributed by atoms with Crippen molar-refractivity contribution in [2.24, 2.45) is 5.73 Å². The van der Waals surface area contributed by atoms with Gasteiger partial charge in [-0.3, -0.25) is 4.98 Å². The van der Waals surface area contributed by atoms with Crippen molar-refractivity contribution in [2.75, 3.05) is 0 Å². The third-order valence-corrected chi connectivity index (χ3v) is 1.59. The molecule has 1 heterocycles. The Kier molecular flexibility index (Phi) is 2.82. The summed E-state index contributed by atoms with van der Waals surface area (Å²) in [6.07, 6.45) is 5.46. The lowest BCUT2D eigenvalue weighted by Gasteiger charge is -2.08. The molecule has 0 aliphatic heterocycles. The smallest absolute Gasteiger partial charge is 0.134 e. The molecule has 1 atom stereocenters. The van der Waals surface area contributed by atoms with Gasteiger partial charge < -0.3 is 10.8 Å². The van der Waals surface area contributed by atoms with Gasteiger partial charge in [0.1, 0.15) is 5.75 Å². The van der Waals surface area contributed by atoms with E-state index in [1.54, 1.807) is 18.3 Å². The highest BCUT2D eigenvalue weighted by Crippen LogP contribution is 2.16. The van der Waals surface area contributed by atoms with Crippen molar-refractivity contribution in [3.05, 3.63) is 36.7 Å². The first-order valence-corrected chi connectivity index (χ1v) is 3.74. The Labute approximate surface area is 71.6 Å². The lowest BCUT2D eigenvalue weighted by Crippen LogP contribution is -2.08. The van der Waals surface area contributed by atoms with Gasteiger partial charge in [0.15, 0.2) is 0 Å². The van der Waals surface area contributed by atoms with Crippen molar-refractivity contribution in [1.29, 1.82) is 0 Å². The van der Waals surface area contributed by atoms with Gasteiger partial charge in [-0.15, -0.1) is 6.58 Å².